The maximum absolute atomic E-state index is 11.7. The molecule has 0 fully saturated rings. The van der Waals surface area contributed by atoms with Crippen molar-refractivity contribution in [2.45, 2.75) is 11.2 Å². The Kier molecular flexibility index (Phi) is 6.40. The van der Waals surface area contributed by atoms with Gasteiger partial charge in [0.05, 0.1) is 12.9 Å². The van der Waals surface area contributed by atoms with Crippen molar-refractivity contribution >= 4 is 31.9 Å². The van der Waals surface area contributed by atoms with Gasteiger partial charge >= 0.3 is 5.97 Å². The highest BCUT2D eigenvalue weighted by atomic mass is 79.9. The summed E-state index contributed by atoms with van der Waals surface area (Å²) in [6, 6.07) is 3.52. The van der Waals surface area contributed by atoms with Crippen molar-refractivity contribution < 1.29 is 17.9 Å². The zero-order valence-corrected chi connectivity index (χ0v) is 12.8. The van der Waals surface area contributed by atoms with Crippen LogP contribution >= 0.6 is 15.9 Å². The van der Waals surface area contributed by atoms with E-state index in [4.69, 9.17) is 0 Å². The summed E-state index contributed by atoms with van der Waals surface area (Å²) in [5.41, 5.74) is 0.892. The lowest BCUT2D eigenvalue weighted by atomic mass is 10.2. The fourth-order valence-corrected chi connectivity index (χ4v) is 2.92. The van der Waals surface area contributed by atoms with E-state index in [2.05, 4.69) is 30.4 Å². The molecule has 1 aromatic rings. The van der Waals surface area contributed by atoms with Crippen LogP contribution < -0.4 is 4.72 Å². The SMILES string of the molecule is COC(=O)C(Br)CNS(=O)(=O)CCc1ccncc1. The van der Waals surface area contributed by atoms with Gasteiger partial charge in [-0.2, -0.15) is 0 Å². The van der Waals surface area contributed by atoms with Crippen molar-refractivity contribution in [3.8, 4) is 0 Å². The second kappa shape index (κ2) is 7.56. The summed E-state index contributed by atoms with van der Waals surface area (Å²) in [4.78, 5) is 14.3. The average molecular weight is 351 g/mol. The lowest BCUT2D eigenvalue weighted by molar-refractivity contribution is -0.139. The first-order chi connectivity index (χ1) is 8.94. The molecule has 6 nitrogen and oxygen atoms in total. The predicted molar refractivity (Wildman–Crippen MR) is 74.5 cm³/mol. The first-order valence-corrected chi connectivity index (χ1v) is 8.09. The van der Waals surface area contributed by atoms with Crippen LogP contribution in [-0.4, -0.2) is 43.6 Å². The number of alkyl halides is 1. The number of hydrogen-bond acceptors (Lipinski definition) is 5. The minimum Gasteiger partial charge on any atom is -0.468 e. The van der Waals surface area contributed by atoms with Crippen molar-refractivity contribution in [3.05, 3.63) is 30.1 Å². The van der Waals surface area contributed by atoms with Gasteiger partial charge in [-0.1, -0.05) is 15.9 Å². The molecule has 1 heterocycles. The molecule has 0 amide bonds. The molecule has 1 rings (SSSR count). The smallest absolute Gasteiger partial charge is 0.320 e. The van der Waals surface area contributed by atoms with E-state index in [1.165, 1.54) is 7.11 Å². The number of carbonyl (C=O) groups is 1. The molecule has 1 atom stereocenters. The number of rotatable bonds is 7. The summed E-state index contributed by atoms with van der Waals surface area (Å²) < 4.78 is 30.3. The van der Waals surface area contributed by atoms with Crippen LogP contribution in [0.3, 0.4) is 0 Å². The van der Waals surface area contributed by atoms with E-state index in [0.29, 0.717) is 6.42 Å². The monoisotopic (exact) mass is 350 g/mol. The quantitative estimate of drug-likeness (QED) is 0.571. The number of aryl methyl sites for hydroxylation is 1. The number of pyridine rings is 1. The molecule has 0 saturated carbocycles. The van der Waals surface area contributed by atoms with E-state index in [1.807, 2.05) is 0 Å². The van der Waals surface area contributed by atoms with Gasteiger partial charge in [-0.25, -0.2) is 13.1 Å². The number of carbonyl (C=O) groups excluding carboxylic acids is 1. The number of sulfonamides is 1. The molecule has 1 N–H and O–H groups in total. The molecule has 0 aromatic carbocycles. The van der Waals surface area contributed by atoms with E-state index >= 15 is 0 Å². The van der Waals surface area contributed by atoms with Crippen molar-refractivity contribution in [1.82, 2.24) is 9.71 Å². The van der Waals surface area contributed by atoms with E-state index in [0.717, 1.165) is 5.56 Å². The number of hydrogen-bond donors (Lipinski definition) is 1. The number of ether oxygens (including phenoxy) is 1. The topological polar surface area (TPSA) is 85.4 Å². The van der Waals surface area contributed by atoms with Crippen molar-refractivity contribution in [3.63, 3.8) is 0 Å². The van der Waals surface area contributed by atoms with Crippen LogP contribution in [0, 0.1) is 0 Å². The zero-order chi connectivity index (χ0) is 14.3. The molecule has 0 bridgehead atoms. The van der Waals surface area contributed by atoms with Gasteiger partial charge in [0.15, 0.2) is 0 Å². The Morgan fingerprint density at radius 2 is 2.11 bits per heavy atom. The van der Waals surface area contributed by atoms with Gasteiger partial charge in [-0.15, -0.1) is 0 Å². The second-order valence-corrected chi connectivity index (χ2v) is 6.80. The molecule has 19 heavy (non-hydrogen) atoms. The van der Waals surface area contributed by atoms with Crippen LogP contribution in [0.2, 0.25) is 0 Å². The first kappa shape index (κ1) is 16.1. The van der Waals surface area contributed by atoms with Crippen molar-refractivity contribution in [1.29, 1.82) is 0 Å². The van der Waals surface area contributed by atoms with Gasteiger partial charge in [-0.05, 0) is 24.1 Å². The fourth-order valence-electron chi connectivity index (χ4n) is 1.29. The molecular weight excluding hydrogens is 336 g/mol. The Labute approximate surface area is 120 Å². The summed E-state index contributed by atoms with van der Waals surface area (Å²) in [7, 11) is -2.18. The Morgan fingerprint density at radius 3 is 2.68 bits per heavy atom. The summed E-state index contributed by atoms with van der Waals surface area (Å²) in [6.45, 7) is -0.0364. The Balaban J connectivity index is 2.42. The third-order valence-corrected chi connectivity index (χ3v) is 4.39. The van der Waals surface area contributed by atoms with E-state index in [-0.39, 0.29) is 12.3 Å². The lowest BCUT2D eigenvalue weighted by Crippen LogP contribution is -2.35. The summed E-state index contributed by atoms with van der Waals surface area (Å²) in [5.74, 6) is -0.561. The zero-order valence-electron chi connectivity index (χ0n) is 10.4. The van der Waals surface area contributed by atoms with Gasteiger partial charge in [0.1, 0.15) is 4.83 Å². The van der Waals surface area contributed by atoms with Crippen LogP contribution in [0.25, 0.3) is 0 Å². The van der Waals surface area contributed by atoms with Gasteiger partial charge in [0.2, 0.25) is 10.0 Å². The summed E-state index contributed by atoms with van der Waals surface area (Å²) in [5, 5.41) is 0. The van der Waals surface area contributed by atoms with Gasteiger partial charge in [0.25, 0.3) is 0 Å². The normalized spacial score (nSPS) is 12.9. The third kappa shape index (κ3) is 6.13. The van der Waals surface area contributed by atoms with Crippen LogP contribution in [0.4, 0.5) is 0 Å². The molecule has 106 valence electrons. The Hall–Kier alpha value is -0.990. The summed E-state index contributed by atoms with van der Waals surface area (Å²) >= 11 is 3.04. The van der Waals surface area contributed by atoms with Gasteiger partial charge in [-0.3, -0.25) is 9.78 Å². The van der Waals surface area contributed by atoms with Crippen LogP contribution in [0.15, 0.2) is 24.5 Å². The Morgan fingerprint density at radius 1 is 1.47 bits per heavy atom. The molecular formula is C11H15BrN2O4S. The van der Waals surface area contributed by atoms with Crippen molar-refractivity contribution in [2.75, 3.05) is 19.4 Å². The number of esters is 1. The molecule has 0 aliphatic rings. The minimum atomic E-state index is -3.42. The number of halogens is 1. The molecule has 1 aromatic heterocycles. The summed E-state index contributed by atoms with van der Waals surface area (Å²) in [6.07, 6.45) is 3.62. The van der Waals surface area contributed by atoms with Crippen LogP contribution in [0.1, 0.15) is 5.56 Å². The van der Waals surface area contributed by atoms with Gasteiger partial charge in [0, 0.05) is 18.9 Å². The Bertz CT molecular complexity index is 507. The number of nitrogens with one attached hydrogen (secondary N) is 1. The lowest BCUT2D eigenvalue weighted by Gasteiger charge is -2.09. The maximum Gasteiger partial charge on any atom is 0.320 e. The largest absolute Gasteiger partial charge is 0.468 e. The van der Waals surface area contributed by atoms with E-state index < -0.39 is 20.8 Å². The molecule has 1 unspecified atom stereocenters. The van der Waals surface area contributed by atoms with Crippen LogP contribution in [-0.2, 0) is 26.0 Å². The van der Waals surface area contributed by atoms with Crippen LogP contribution in [0.5, 0.6) is 0 Å². The molecule has 0 saturated heterocycles. The highest BCUT2D eigenvalue weighted by molar-refractivity contribution is 9.10. The number of methoxy groups -OCH3 is 1. The molecule has 0 aliphatic heterocycles. The van der Waals surface area contributed by atoms with E-state index in [1.54, 1.807) is 24.5 Å². The number of nitrogens with zero attached hydrogens (tertiary/aromatic N) is 1. The standard InChI is InChI=1S/C11H15BrN2O4S/c1-18-11(15)10(12)8-14-19(16,17)7-4-9-2-5-13-6-3-9/h2-3,5-6,10,14H,4,7-8H2,1H3. The van der Waals surface area contributed by atoms with Crippen molar-refractivity contribution in [2.24, 2.45) is 0 Å². The second-order valence-electron chi connectivity index (χ2n) is 3.76. The highest BCUT2D eigenvalue weighted by Crippen LogP contribution is 2.03. The minimum absolute atomic E-state index is 0.0364. The predicted octanol–water partition coefficient (Wildman–Crippen LogP) is 0.480. The molecule has 0 spiro atoms. The molecule has 0 radical (unpaired) electrons. The molecule has 0 aliphatic carbocycles. The third-order valence-electron chi connectivity index (χ3n) is 2.35. The van der Waals surface area contributed by atoms with E-state index in [9.17, 15) is 13.2 Å². The first-order valence-electron chi connectivity index (χ1n) is 5.53. The fraction of sp³-hybridized carbons (Fsp3) is 0.455. The number of aromatic nitrogens is 1. The molecule has 8 heteroatoms. The maximum atomic E-state index is 11.7. The van der Waals surface area contributed by atoms with Gasteiger partial charge < -0.3 is 4.74 Å². The highest BCUT2D eigenvalue weighted by Gasteiger charge is 2.18. The average Bonchev–Trinajstić information content (AvgIpc) is 2.43.